The van der Waals surface area contributed by atoms with Gasteiger partial charge in [0, 0.05) is 24.6 Å². The summed E-state index contributed by atoms with van der Waals surface area (Å²) in [5.41, 5.74) is 3.79. The number of aryl methyl sites for hydroxylation is 1. The molecule has 4 rings (SSSR count). The lowest BCUT2D eigenvalue weighted by molar-refractivity contribution is 0.0879. The highest BCUT2D eigenvalue weighted by Crippen LogP contribution is 2.36. The lowest BCUT2D eigenvalue weighted by Gasteiger charge is -2.34. The summed E-state index contributed by atoms with van der Waals surface area (Å²) in [6.07, 6.45) is 13.3. The first-order valence-corrected chi connectivity index (χ1v) is 9.31. The van der Waals surface area contributed by atoms with E-state index in [1.807, 2.05) is 24.5 Å². The van der Waals surface area contributed by atoms with Gasteiger partial charge in [0.05, 0.1) is 0 Å². The van der Waals surface area contributed by atoms with Gasteiger partial charge in [-0.2, -0.15) is 0 Å². The maximum absolute atomic E-state index is 6.36. The summed E-state index contributed by atoms with van der Waals surface area (Å²) in [5.74, 6) is 1.89. The average molecular weight is 322 g/mol. The predicted molar refractivity (Wildman–Crippen MR) is 97.3 cm³/mol. The quantitative estimate of drug-likeness (QED) is 0.863. The molecular formula is C21H26N2O. The first-order valence-electron chi connectivity index (χ1n) is 9.31. The van der Waals surface area contributed by atoms with E-state index < -0.39 is 0 Å². The van der Waals surface area contributed by atoms with E-state index in [1.165, 1.54) is 49.7 Å². The van der Waals surface area contributed by atoms with Crippen LogP contribution in [0, 0.1) is 5.92 Å². The largest absolute Gasteiger partial charge is 0.490 e. The Morgan fingerprint density at radius 1 is 1.00 bits per heavy atom. The molecule has 2 heterocycles. The molecule has 1 unspecified atom stereocenters. The number of aromatic nitrogens is 1. The van der Waals surface area contributed by atoms with Crippen molar-refractivity contribution in [1.29, 1.82) is 0 Å². The van der Waals surface area contributed by atoms with Gasteiger partial charge in [-0.3, -0.25) is 4.98 Å². The summed E-state index contributed by atoms with van der Waals surface area (Å²) in [4.78, 5) is 4.05. The molecule has 1 N–H and O–H groups in total. The van der Waals surface area contributed by atoms with E-state index in [9.17, 15) is 0 Å². The van der Waals surface area contributed by atoms with Gasteiger partial charge in [0.2, 0.25) is 0 Å². The second-order valence-electron chi connectivity index (χ2n) is 7.12. The molecule has 3 heteroatoms. The van der Waals surface area contributed by atoms with Gasteiger partial charge in [-0.25, -0.2) is 0 Å². The first-order chi connectivity index (χ1) is 11.9. The molecule has 1 atom stereocenters. The van der Waals surface area contributed by atoms with Crippen molar-refractivity contribution in [1.82, 2.24) is 4.98 Å². The van der Waals surface area contributed by atoms with Crippen molar-refractivity contribution < 1.29 is 4.74 Å². The molecule has 2 aliphatic rings. The van der Waals surface area contributed by atoms with Crippen LogP contribution in [0.5, 0.6) is 5.75 Å². The molecule has 1 aromatic carbocycles. The van der Waals surface area contributed by atoms with Crippen molar-refractivity contribution in [2.45, 2.75) is 57.6 Å². The highest BCUT2D eigenvalue weighted by atomic mass is 16.5. The van der Waals surface area contributed by atoms with Gasteiger partial charge in [-0.15, -0.1) is 0 Å². The summed E-state index contributed by atoms with van der Waals surface area (Å²) in [7, 11) is 0. The fraction of sp³-hybridized carbons (Fsp3) is 0.476. The maximum Gasteiger partial charge on any atom is 0.122 e. The molecule has 0 radical (unpaired) electrons. The number of hydrogen-bond acceptors (Lipinski definition) is 3. The maximum atomic E-state index is 6.36. The number of nitrogens with one attached hydrogen (secondary N) is 1. The minimum atomic E-state index is 0.443. The Kier molecular flexibility index (Phi) is 4.68. The third kappa shape index (κ3) is 3.55. The molecule has 24 heavy (non-hydrogen) atoms. The summed E-state index contributed by atoms with van der Waals surface area (Å²) in [6.45, 7) is 0.837. The second-order valence-corrected chi connectivity index (χ2v) is 7.12. The highest BCUT2D eigenvalue weighted by molar-refractivity contribution is 5.44. The first kappa shape index (κ1) is 15.5. The number of nitrogens with zero attached hydrogens (tertiary/aromatic N) is 1. The lowest BCUT2D eigenvalue weighted by atomic mass is 9.82. The zero-order chi connectivity index (χ0) is 16.2. The number of benzene rings is 1. The number of anilines is 1. The summed E-state index contributed by atoms with van der Waals surface area (Å²) in [5, 5.41) is 3.45. The van der Waals surface area contributed by atoms with Crippen LogP contribution >= 0.6 is 0 Å². The van der Waals surface area contributed by atoms with E-state index in [0.717, 1.165) is 30.3 Å². The SMILES string of the molecule is c1cc(NCc2ccc3c(c2)CCC(C2CCCCC2)O3)ccn1. The van der Waals surface area contributed by atoms with Crippen LogP contribution in [0.25, 0.3) is 0 Å². The number of fused-ring (bicyclic) bond motifs is 1. The van der Waals surface area contributed by atoms with Crippen molar-refractivity contribution >= 4 is 5.69 Å². The molecule has 126 valence electrons. The van der Waals surface area contributed by atoms with E-state index in [1.54, 1.807) is 0 Å². The van der Waals surface area contributed by atoms with Crippen LogP contribution in [-0.4, -0.2) is 11.1 Å². The zero-order valence-electron chi connectivity index (χ0n) is 14.2. The number of ether oxygens (including phenoxy) is 1. The Morgan fingerprint density at radius 3 is 2.67 bits per heavy atom. The smallest absolute Gasteiger partial charge is 0.122 e. The van der Waals surface area contributed by atoms with E-state index in [2.05, 4.69) is 28.5 Å². The molecule has 1 aromatic heterocycles. The molecule has 2 aromatic rings. The fourth-order valence-electron chi connectivity index (χ4n) is 4.08. The van der Waals surface area contributed by atoms with Crippen molar-refractivity contribution in [2.75, 3.05) is 5.32 Å². The van der Waals surface area contributed by atoms with Gasteiger partial charge < -0.3 is 10.1 Å². The Balaban J connectivity index is 1.39. The van der Waals surface area contributed by atoms with Crippen LogP contribution in [0.15, 0.2) is 42.7 Å². The molecule has 1 saturated carbocycles. The normalized spacial score (nSPS) is 20.9. The zero-order valence-corrected chi connectivity index (χ0v) is 14.2. The van der Waals surface area contributed by atoms with Crippen molar-refractivity contribution in [2.24, 2.45) is 5.92 Å². The monoisotopic (exact) mass is 322 g/mol. The molecule has 0 spiro atoms. The van der Waals surface area contributed by atoms with Gasteiger partial charge in [-0.1, -0.05) is 31.4 Å². The molecule has 1 fully saturated rings. The molecular weight excluding hydrogens is 296 g/mol. The Morgan fingerprint density at radius 2 is 1.83 bits per heavy atom. The van der Waals surface area contributed by atoms with Gasteiger partial charge in [0.15, 0.2) is 0 Å². The topological polar surface area (TPSA) is 34.1 Å². The Labute approximate surface area is 144 Å². The molecule has 0 amide bonds. The van der Waals surface area contributed by atoms with Gasteiger partial charge in [0.1, 0.15) is 11.9 Å². The molecule has 0 saturated heterocycles. The van der Waals surface area contributed by atoms with Crippen LogP contribution in [0.3, 0.4) is 0 Å². The van der Waals surface area contributed by atoms with E-state index in [0.29, 0.717) is 6.10 Å². The summed E-state index contributed by atoms with van der Waals surface area (Å²) >= 11 is 0. The number of hydrogen-bond donors (Lipinski definition) is 1. The average Bonchev–Trinajstić information content (AvgIpc) is 2.67. The fourth-order valence-corrected chi connectivity index (χ4v) is 4.08. The van der Waals surface area contributed by atoms with Crippen LogP contribution in [-0.2, 0) is 13.0 Å². The molecule has 0 bridgehead atoms. The highest BCUT2D eigenvalue weighted by Gasteiger charge is 2.28. The standard InChI is InChI=1S/C21H26N2O/c1-2-4-17(5-3-1)20-9-7-18-14-16(6-8-21(18)24-20)15-23-19-10-12-22-13-11-19/h6,8,10-14,17,20H,1-5,7,9,15H2,(H,22,23). The predicted octanol–water partition coefficient (Wildman–Crippen LogP) is 4.97. The van der Waals surface area contributed by atoms with E-state index >= 15 is 0 Å². The van der Waals surface area contributed by atoms with Crippen molar-refractivity contribution in [3.8, 4) is 5.75 Å². The van der Waals surface area contributed by atoms with E-state index in [4.69, 9.17) is 4.74 Å². The van der Waals surface area contributed by atoms with Crippen LogP contribution in [0.1, 0.15) is 49.7 Å². The Bertz CT molecular complexity index is 665. The lowest BCUT2D eigenvalue weighted by Crippen LogP contribution is -2.32. The summed E-state index contributed by atoms with van der Waals surface area (Å²) < 4.78 is 6.36. The van der Waals surface area contributed by atoms with E-state index in [-0.39, 0.29) is 0 Å². The second kappa shape index (κ2) is 7.25. The molecule has 1 aliphatic carbocycles. The van der Waals surface area contributed by atoms with Gasteiger partial charge >= 0.3 is 0 Å². The van der Waals surface area contributed by atoms with Crippen LogP contribution < -0.4 is 10.1 Å². The van der Waals surface area contributed by atoms with Crippen LogP contribution in [0.2, 0.25) is 0 Å². The van der Waals surface area contributed by atoms with Gasteiger partial charge in [-0.05, 0) is 60.9 Å². The third-order valence-corrected chi connectivity index (χ3v) is 5.45. The number of rotatable bonds is 4. The van der Waals surface area contributed by atoms with Crippen molar-refractivity contribution in [3.05, 3.63) is 53.9 Å². The number of pyridine rings is 1. The van der Waals surface area contributed by atoms with Crippen molar-refractivity contribution in [3.63, 3.8) is 0 Å². The summed E-state index contributed by atoms with van der Waals surface area (Å²) in [6, 6.07) is 10.7. The minimum absolute atomic E-state index is 0.443. The van der Waals surface area contributed by atoms with Gasteiger partial charge in [0.25, 0.3) is 0 Å². The molecule has 3 nitrogen and oxygen atoms in total. The van der Waals surface area contributed by atoms with Crippen LogP contribution in [0.4, 0.5) is 5.69 Å². The third-order valence-electron chi connectivity index (χ3n) is 5.45. The molecule has 1 aliphatic heterocycles. The Hall–Kier alpha value is -2.03. The minimum Gasteiger partial charge on any atom is -0.490 e.